The van der Waals surface area contributed by atoms with E-state index in [4.69, 9.17) is 0 Å². The van der Waals surface area contributed by atoms with Crippen LogP contribution < -0.4 is 0 Å². The van der Waals surface area contributed by atoms with Crippen molar-refractivity contribution < 1.29 is 14.6 Å². The number of aliphatic hydroxyl groups is 1. The SMILES string of the molecule is COC(=O)CC(O)c1cc(Br)nn1C. The van der Waals surface area contributed by atoms with Crippen LogP contribution in [-0.2, 0) is 16.6 Å². The van der Waals surface area contributed by atoms with Crippen molar-refractivity contribution in [2.24, 2.45) is 7.05 Å². The van der Waals surface area contributed by atoms with Crippen LogP contribution in [0.2, 0.25) is 0 Å². The van der Waals surface area contributed by atoms with Gasteiger partial charge in [0.15, 0.2) is 0 Å². The van der Waals surface area contributed by atoms with Crippen LogP contribution >= 0.6 is 15.9 Å². The van der Waals surface area contributed by atoms with Crippen molar-refractivity contribution >= 4 is 21.9 Å². The molecule has 0 saturated heterocycles. The number of aryl methyl sites for hydroxylation is 1. The molecule has 0 aromatic carbocycles. The molecule has 1 unspecified atom stereocenters. The zero-order valence-electron chi connectivity index (χ0n) is 7.90. The van der Waals surface area contributed by atoms with Gasteiger partial charge in [-0.1, -0.05) is 0 Å². The molecule has 1 aromatic heterocycles. The molecule has 5 nitrogen and oxygen atoms in total. The molecule has 1 atom stereocenters. The van der Waals surface area contributed by atoms with Gasteiger partial charge in [-0.3, -0.25) is 9.48 Å². The first kappa shape index (κ1) is 11.2. The van der Waals surface area contributed by atoms with Gasteiger partial charge in [-0.15, -0.1) is 0 Å². The molecule has 0 fully saturated rings. The standard InChI is InChI=1S/C8H11BrN2O3/c1-11-5(3-7(9)10-11)6(12)4-8(13)14-2/h3,6,12H,4H2,1-2H3. The highest BCUT2D eigenvalue weighted by atomic mass is 79.9. The third-order valence-electron chi connectivity index (χ3n) is 1.82. The zero-order valence-corrected chi connectivity index (χ0v) is 9.48. The number of methoxy groups -OCH3 is 1. The van der Waals surface area contributed by atoms with Crippen LogP contribution in [0.3, 0.4) is 0 Å². The van der Waals surface area contributed by atoms with Crippen molar-refractivity contribution in [1.82, 2.24) is 9.78 Å². The minimum Gasteiger partial charge on any atom is -0.469 e. The summed E-state index contributed by atoms with van der Waals surface area (Å²) in [6.07, 6.45) is -0.950. The molecular formula is C8H11BrN2O3. The largest absolute Gasteiger partial charge is 0.469 e. The Morgan fingerprint density at radius 1 is 1.86 bits per heavy atom. The van der Waals surface area contributed by atoms with Gasteiger partial charge in [0, 0.05) is 7.05 Å². The number of carbonyl (C=O) groups excluding carboxylic acids is 1. The Labute approximate surface area is 89.8 Å². The van der Waals surface area contributed by atoms with Gasteiger partial charge in [0.1, 0.15) is 10.7 Å². The maximum Gasteiger partial charge on any atom is 0.308 e. The lowest BCUT2D eigenvalue weighted by atomic mass is 10.2. The first-order valence-corrected chi connectivity index (χ1v) is 4.78. The normalized spacial score (nSPS) is 12.6. The number of halogens is 1. The predicted octanol–water partition coefficient (Wildman–Crippen LogP) is 0.779. The second-order valence-electron chi connectivity index (χ2n) is 2.81. The topological polar surface area (TPSA) is 64.3 Å². The van der Waals surface area contributed by atoms with Crippen molar-refractivity contribution in [3.8, 4) is 0 Å². The van der Waals surface area contributed by atoms with Gasteiger partial charge in [-0.25, -0.2) is 0 Å². The molecular weight excluding hydrogens is 252 g/mol. The van der Waals surface area contributed by atoms with Crippen molar-refractivity contribution in [3.63, 3.8) is 0 Å². The number of hydrogen-bond donors (Lipinski definition) is 1. The van der Waals surface area contributed by atoms with Crippen LogP contribution in [0.15, 0.2) is 10.7 Å². The van der Waals surface area contributed by atoms with Gasteiger partial charge in [-0.2, -0.15) is 5.10 Å². The smallest absolute Gasteiger partial charge is 0.308 e. The number of esters is 1. The Hall–Kier alpha value is -0.880. The molecule has 1 rings (SSSR count). The minimum absolute atomic E-state index is 0.0670. The average Bonchev–Trinajstić information content (AvgIpc) is 2.45. The van der Waals surface area contributed by atoms with Crippen LogP contribution in [0.25, 0.3) is 0 Å². The van der Waals surface area contributed by atoms with E-state index in [1.54, 1.807) is 13.1 Å². The van der Waals surface area contributed by atoms with E-state index in [1.807, 2.05) is 0 Å². The van der Waals surface area contributed by atoms with E-state index in [2.05, 4.69) is 25.8 Å². The first-order chi connectivity index (χ1) is 6.54. The molecule has 0 radical (unpaired) electrons. The van der Waals surface area contributed by atoms with Crippen LogP contribution in [0.1, 0.15) is 18.2 Å². The van der Waals surface area contributed by atoms with Gasteiger partial charge in [-0.05, 0) is 22.0 Å². The third-order valence-corrected chi connectivity index (χ3v) is 2.20. The average molecular weight is 263 g/mol. The lowest BCUT2D eigenvalue weighted by Gasteiger charge is -2.08. The highest BCUT2D eigenvalue weighted by Gasteiger charge is 2.17. The van der Waals surface area contributed by atoms with E-state index in [9.17, 15) is 9.90 Å². The lowest BCUT2D eigenvalue weighted by Crippen LogP contribution is -2.11. The van der Waals surface area contributed by atoms with Crippen LogP contribution in [0.4, 0.5) is 0 Å². The van der Waals surface area contributed by atoms with Crippen LogP contribution in [-0.4, -0.2) is 28.0 Å². The zero-order chi connectivity index (χ0) is 10.7. The molecule has 78 valence electrons. The molecule has 14 heavy (non-hydrogen) atoms. The summed E-state index contributed by atoms with van der Waals surface area (Å²) in [7, 11) is 2.98. The van der Waals surface area contributed by atoms with E-state index >= 15 is 0 Å². The Bertz CT molecular complexity index is 337. The van der Waals surface area contributed by atoms with Crippen LogP contribution in [0, 0.1) is 0 Å². The fourth-order valence-corrected chi connectivity index (χ4v) is 1.58. The Morgan fingerprint density at radius 3 is 2.93 bits per heavy atom. The highest BCUT2D eigenvalue weighted by molar-refractivity contribution is 9.10. The maximum absolute atomic E-state index is 10.9. The molecule has 0 aliphatic carbocycles. The summed E-state index contributed by atoms with van der Waals surface area (Å²) in [5.74, 6) is -0.449. The highest BCUT2D eigenvalue weighted by Crippen LogP contribution is 2.19. The van der Waals surface area contributed by atoms with Crippen molar-refractivity contribution in [3.05, 3.63) is 16.4 Å². The van der Waals surface area contributed by atoms with Gasteiger partial charge in [0.2, 0.25) is 0 Å². The van der Waals surface area contributed by atoms with Gasteiger partial charge >= 0.3 is 5.97 Å². The molecule has 0 saturated carbocycles. The molecule has 1 N–H and O–H groups in total. The number of hydrogen-bond acceptors (Lipinski definition) is 4. The quantitative estimate of drug-likeness (QED) is 0.818. The molecule has 0 bridgehead atoms. The van der Waals surface area contributed by atoms with E-state index < -0.39 is 12.1 Å². The molecule has 0 aliphatic rings. The summed E-state index contributed by atoms with van der Waals surface area (Å²) < 4.78 is 6.58. The minimum atomic E-state index is -0.883. The van der Waals surface area contributed by atoms with E-state index in [0.29, 0.717) is 10.3 Å². The second kappa shape index (κ2) is 4.56. The van der Waals surface area contributed by atoms with Crippen molar-refractivity contribution in [1.29, 1.82) is 0 Å². The van der Waals surface area contributed by atoms with Crippen molar-refractivity contribution in [2.75, 3.05) is 7.11 Å². The van der Waals surface area contributed by atoms with E-state index in [0.717, 1.165) is 0 Å². The molecule has 1 heterocycles. The summed E-state index contributed by atoms with van der Waals surface area (Å²) >= 11 is 3.18. The summed E-state index contributed by atoms with van der Waals surface area (Å²) in [5.41, 5.74) is 0.572. The second-order valence-corrected chi connectivity index (χ2v) is 3.62. The fourth-order valence-electron chi connectivity index (χ4n) is 1.10. The van der Waals surface area contributed by atoms with Gasteiger partial charge in [0.25, 0.3) is 0 Å². The molecule has 1 aromatic rings. The Morgan fingerprint density at radius 2 is 2.50 bits per heavy atom. The van der Waals surface area contributed by atoms with Crippen LogP contribution in [0.5, 0.6) is 0 Å². The molecule has 0 spiro atoms. The van der Waals surface area contributed by atoms with E-state index in [1.165, 1.54) is 11.8 Å². The predicted molar refractivity (Wildman–Crippen MR) is 52.5 cm³/mol. The molecule has 0 aliphatic heterocycles. The number of aromatic nitrogens is 2. The number of aliphatic hydroxyl groups excluding tert-OH is 1. The Balaban J connectivity index is 2.73. The van der Waals surface area contributed by atoms with Gasteiger partial charge in [0.05, 0.1) is 19.2 Å². The summed E-state index contributed by atoms with van der Waals surface area (Å²) in [6, 6.07) is 1.66. The summed E-state index contributed by atoms with van der Waals surface area (Å²) in [5, 5.41) is 13.6. The summed E-state index contributed by atoms with van der Waals surface area (Å²) in [4.78, 5) is 10.9. The first-order valence-electron chi connectivity index (χ1n) is 3.99. The van der Waals surface area contributed by atoms with Gasteiger partial charge < -0.3 is 9.84 Å². The van der Waals surface area contributed by atoms with E-state index in [-0.39, 0.29) is 6.42 Å². The number of carbonyl (C=O) groups is 1. The number of rotatable bonds is 3. The number of ether oxygens (including phenoxy) is 1. The maximum atomic E-state index is 10.9. The summed E-state index contributed by atoms with van der Waals surface area (Å²) in [6.45, 7) is 0. The third kappa shape index (κ3) is 2.55. The molecule has 6 heteroatoms. The number of nitrogens with zero attached hydrogens (tertiary/aromatic N) is 2. The molecule has 0 amide bonds. The monoisotopic (exact) mass is 262 g/mol. The Kier molecular flexibility index (Phi) is 3.65. The lowest BCUT2D eigenvalue weighted by molar-refractivity contribution is -0.143. The van der Waals surface area contributed by atoms with Crippen molar-refractivity contribution in [2.45, 2.75) is 12.5 Å². The fraction of sp³-hybridized carbons (Fsp3) is 0.500.